The highest BCUT2D eigenvalue weighted by molar-refractivity contribution is 7.89. The van der Waals surface area contributed by atoms with Gasteiger partial charge >= 0.3 is 5.97 Å². The molecular weight excluding hydrogens is 412 g/mol. The Labute approximate surface area is 175 Å². The van der Waals surface area contributed by atoms with Crippen molar-refractivity contribution in [3.8, 4) is 5.75 Å². The molecule has 0 spiro atoms. The molecule has 1 N–H and O–H groups in total. The van der Waals surface area contributed by atoms with Gasteiger partial charge in [0.15, 0.2) is 6.10 Å². The molecule has 11 heteroatoms. The summed E-state index contributed by atoms with van der Waals surface area (Å²) in [5, 5.41) is 6.92. The number of nitrogens with zero attached hydrogens (tertiary/aromatic N) is 3. The van der Waals surface area contributed by atoms with Crippen LogP contribution in [0.15, 0.2) is 23.1 Å². The van der Waals surface area contributed by atoms with E-state index >= 15 is 0 Å². The summed E-state index contributed by atoms with van der Waals surface area (Å²) in [7, 11) is 1.97. The van der Waals surface area contributed by atoms with Gasteiger partial charge in [0.2, 0.25) is 10.0 Å². The van der Waals surface area contributed by atoms with Crippen LogP contribution in [0.25, 0.3) is 0 Å². The van der Waals surface area contributed by atoms with Crippen LogP contribution in [-0.2, 0) is 26.6 Å². The van der Waals surface area contributed by atoms with E-state index in [2.05, 4.69) is 10.4 Å². The number of esters is 1. The van der Waals surface area contributed by atoms with E-state index in [1.807, 2.05) is 0 Å². The van der Waals surface area contributed by atoms with Crippen molar-refractivity contribution in [3.05, 3.63) is 35.2 Å². The Kier molecular flexibility index (Phi) is 6.88. The van der Waals surface area contributed by atoms with E-state index < -0.39 is 28.0 Å². The number of anilines is 1. The van der Waals surface area contributed by atoms with Crippen molar-refractivity contribution in [1.29, 1.82) is 0 Å². The predicted octanol–water partition coefficient (Wildman–Crippen LogP) is 1.48. The van der Waals surface area contributed by atoms with E-state index in [-0.39, 0.29) is 16.2 Å². The number of carbonyl (C=O) groups is 2. The van der Waals surface area contributed by atoms with Crippen molar-refractivity contribution in [2.75, 3.05) is 26.5 Å². The van der Waals surface area contributed by atoms with Gasteiger partial charge in [0.05, 0.1) is 29.7 Å². The zero-order valence-electron chi connectivity index (χ0n) is 18.0. The first kappa shape index (κ1) is 23.4. The van der Waals surface area contributed by atoms with E-state index in [0.717, 1.165) is 16.1 Å². The Morgan fingerprint density at radius 1 is 1.23 bits per heavy atom. The quantitative estimate of drug-likeness (QED) is 0.650. The molecule has 0 fully saturated rings. The fraction of sp³-hybridized carbons (Fsp3) is 0.421. The summed E-state index contributed by atoms with van der Waals surface area (Å²) < 4.78 is 38.0. The number of methoxy groups -OCH3 is 1. The van der Waals surface area contributed by atoms with Crippen LogP contribution in [0.1, 0.15) is 28.7 Å². The number of aryl methyl sites for hydroxylation is 2. The van der Waals surface area contributed by atoms with Gasteiger partial charge in [0, 0.05) is 21.1 Å². The minimum atomic E-state index is -3.86. The van der Waals surface area contributed by atoms with Gasteiger partial charge in [-0.15, -0.1) is 0 Å². The summed E-state index contributed by atoms with van der Waals surface area (Å²) >= 11 is 0. The molecule has 0 bridgehead atoms. The lowest BCUT2D eigenvalue weighted by molar-refractivity contribution is -0.123. The van der Waals surface area contributed by atoms with Crippen LogP contribution in [0.3, 0.4) is 0 Å². The SMILES string of the molecule is COc1ccc(C(=O)O[C@H](C)C(=O)Nc2c(C)nn(C)c2C)cc1S(=O)(=O)N(C)C. The topological polar surface area (TPSA) is 120 Å². The summed E-state index contributed by atoms with van der Waals surface area (Å²) in [6, 6.07) is 3.90. The second-order valence-electron chi connectivity index (χ2n) is 6.86. The minimum absolute atomic E-state index is 0.0235. The third-order valence-electron chi connectivity index (χ3n) is 4.57. The Bertz CT molecular complexity index is 1070. The third kappa shape index (κ3) is 4.62. The molecule has 0 aliphatic heterocycles. The lowest BCUT2D eigenvalue weighted by Gasteiger charge is -2.17. The monoisotopic (exact) mass is 438 g/mol. The number of nitrogens with one attached hydrogen (secondary N) is 1. The first-order valence-electron chi connectivity index (χ1n) is 9.02. The molecule has 2 rings (SSSR count). The number of rotatable bonds is 7. The van der Waals surface area contributed by atoms with Gasteiger partial charge in [-0.1, -0.05) is 0 Å². The summed E-state index contributed by atoms with van der Waals surface area (Å²) in [5.41, 5.74) is 1.92. The molecule has 0 saturated carbocycles. The minimum Gasteiger partial charge on any atom is -0.495 e. The number of carbonyl (C=O) groups excluding carboxylic acids is 2. The van der Waals surface area contributed by atoms with Crippen LogP contribution >= 0.6 is 0 Å². The summed E-state index contributed by atoms with van der Waals surface area (Å²) in [6.07, 6.45) is -1.12. The van der Waals surface area contributed by atoms with Crippen LogP contribution in [0, 0.1) is 13.8 Å². The van der Waals surface area contributed by atoms with Crippen molar-refractivity contribution in [3.63, 3.8) is 0 Å². The molecule has 0 unspecified atom stereocenters. The highest BCUT2D eigenvalue weighted by Crippen LogP contribution is 2.27. The average Bonchev–Trinajstić information content (AvgIpc) is 2.93. The van der Waals surface area contributed by atoms with E-state index in [1.54, 1.807) is 25.6 Å². The van der Waals surface area contributed by atoms with Gasteiger partial charge in [0.1, 0.15) is 10.6 Å². The fourth-order valence-corrected chi connectivity index (χ4v) is 3.74. The van der Waals surface area contributed by atoms with Crippen molar-refractivity contribution in [2.24, 2.45) is 7.05 Å². The molecule has 0 saturated heterocycles. The predicted molar refractivity (Wildman–Crippen MR) is 110 cm³/mol. The maximum absolute atomic E-state index is 12.5. The molecule has 30 heavy (non-hydrogen) atoms. The molecule has 2 aromatic rings. The molecule has 10 nitrogen and oxygen atoms in total. The average molecular weight is 439 g/mol. The number of aromatic nitrogens is 2. The van der Waals surface area contributed by atoms with E-state index in [9.17, 15) is 18.0 Å². The zero-order valence-corrected chi connectivity index (χ0v) is 18.8. The molecular formula is C19H26N4O6S. The smallest absolute Gasteiger partial charge is 0.338 e. The van der Waals surface area contributed by atoms with Crippen molar-refractivity contribution >= 4 is 27.6 Å². The van der Waals surface area contributed by atoms with Gasteiger partial charge in [-0.25, -0.2) is 17.5 Å². The molecule has 1 aromatic heterocycles. The van der Waals surface area contributed by atoms with Crippen molar-refractivity contribution in [1.82, 2.24) is 14.1 Å². The molecule has 1 atom stereocenters. The second-order valence-corrected chi connectivity index (χ2v) is 8.98. The Balaban J connectivity index is 2.22. The standard InChI is InChI=1S/C19H26N4O6S/c1-11-17(12(2)23(6)21-11)20-18(24)13(3)29-19(25)14-8-9-15(28-7)16(10-14)30(26,27)22(4)5/h8-10,13H,1-7H3,(H,20,24)/t13-/m1/s1. The molecule has 1 amide bonds. The Morgan fingerprint density at radius 2 is 1.87 bits per heavy atom. The largest absolute Gasteiger partial charge is 0.495 e. The maximum Gasteiger partial charge on any atom is 0.338 e. The summed E-state index contributed by atoms with van der Waals surface area (Å²) in [6.45, 7) is 4.98. The first-order chi connectivity index (χ1) is 13.9. The van der Waals surface area contributed by atoms with Crippen LogP contribution in [0.5, 0.6) is 5.75 Å². The van der Waals surface area contributed by atoms with E-state index in [4.69, 9.17) is 9.47 Å². The van der Waals surface area contributed by atoms with Gasteiger partial charge < -0.3 is 14.8 Å². The Morgan fingerprint density at radius 3 is 2.37 bits per heavy atom. The van der Waals surface area contributed by atoms with Crippen molar-refractivity contribution < 1.29 is 27.5 Å². The lowest BCUT2D eigenvalue weighted by atomic mass is 10.2. The van der Waals surface area contributed by atoms with E-state index in [0.29, 0.717) is 11.4 Å². The molecule has 0 aliphatic carbocycles. The van der Waals surface area contributed by atoms with Gasteiger partial charge in [-0.2, -0.15) is 5.10 Å². The highest BCUT2D eigenvalue weighted by Gasteiger charge is 2.26. The number of amides is 1. The number of ether oxygens (including phenoxy) is 2. The van der Waals surface area contributed by atoms with Gasteiger partial charge in [-0.05, 0) is 39.0 Å². The first-order valence-corrected chi connectivity index (χ1v) is 10.5. The fourth-order valence-electron chi connectivity index (χ4n) is 2.66. The third-order valence-corrected chi connectivity index (χ3v) is 6.40. The zero-order chi connectivity index (χ0) is 22.8. The maximum atomic E-state index is 12.5. The molecule has 0 aliphatic rings. The number of hydrogen-bond acceptors (Lipinski definition) is 7. The van der Waals surface area contributed by atoms with Gasteiger partial charge in [-0.3, -0.25) is 9.48 Å². The molecule has 0 radical (unpaired) electrons. The van der Waals surface area contributed by atoms with Crippen LogP contribution in [0.2, 0.25) is 0 Å². The summed E-state index contributed by atoms with van der Waals surface area (Å²) in [5.74, 6) is -1.28. The second kappa shape index (κ2) is 8.84. The molecule has 164 valence electrons. The molecule has 1 heterocycles. The lowest BCUT2D eigenvalue weighted by Crippen LogP contribution is -2.30. The van der Waals surface area contributed by atoms with E-state index in [1.165, 1.54) is 40.3 Å². The number of benzene rings is 1. The number of sulfonamides is 1. The Hall–Kier alpha value is -2.92. The van der Waals surface area contributed by atoms with Crippen molar-refractivity contribution in [2.45, 2.75) is 31.8 Å². The van der Waals surface area contributed by atoms with Crippen LogP contribution in [-0.4, -0.2) is 61.7 Å². The van der Waals surface area contributed by atoms with Crippen LogP contribution in [0.4, 0.5) is 5.69 Å². The van der Waals surface area contributed by atoms with Gasteiger partial charge in [0.25, 0.3) is 5.91 Å². The highest BCUT2D eigenvalue weighted by atomic mass is 32.2. The normalized spacial score (nSPS) is 12.5. The summed E-state index contributed by atoms with van der Waals surface area (Å²) in [4.78, 5) is 24.8. The number of hydrogen-bond donors (Lipinski definition) is 1. The van der Waals surface area contributed by atoms with Crippen LogP contribution < -0.4 is 10.1 Å². The molecule has 1 aromatic carbocycles.